The summed E-state index contributed by atoms with van der Waals surface area (Å²) in [6.07, 6.45) is 0. The number of nitrogens with zero attached hydrogens (tertiary/aromatic N) is 1. The summed E-state index contributed by atoms with van der Waals surface area (Å²) in [4.78, 5) is 29.6. The predicted octanol–water partition coefficient (Wildman–Crippen LogP) is 0.934. The van der Waals surface area contributed by atoms with Crippen LogP contribution in [0.4, 0.5) is 5.95 Å². The van der Waals surface area contributed by atoms with Gasteiger partial charge in [-0.3, -0.25) is 4.79 Å². The number of methoxy groups -OCH3 is 2. The average molecular weight is 263 g/mol. The molecule has 0 saturated heterocycles. The van der Waals surface area contributed by atoms with Crippen LogP contribution in [-0.4, -0.2) is 42.7 Å². The van der Waals surface area contributed by atoms with Gasteiger partial charge in [-0.1, -0.05) is 0 Å². The molecule has 19 heavy (non-hydrogen) atoms. The van der Waals surface area contributed by atoms with Gasteiger partial charge < -0.3 is 19.8 Å². The van der Waals surface area contributed by atoms with Crippen LogP contribution in [0.25, 0.3) is 11.0 Å². The molecule has 2 aromatic rings. The molecule has 0 spiro atoms. The zero-order valence-electron chi connectivity index (χ0n) is 10.5. The summed E-state index contributed by atoms with van der Waals surface area (Å²) in [5.74, 6) is -0.376. The van der Waals surface area contributed by atoms with Crippen LogP contribution in [0.15, 0.2) is 18.2 Å². The number of hydrogen-bond acceptors (Lipinski definition) is 6. The van der Waals surface area contributed by atoms with Crippen LogP contribution in [0.1, 0.15) is 10.4 Å². The second-order valence-electron chi connectivity index (χ2n) is 3.74. The largest absolute Gasteiger partial charge is 0.468 e. The molecule has 7 heteroatoms. The Morgan fingerprint density at radius 3 is 2.79 bits per heavy atom. The molecular formula is C12H13N3O4. The lowest BCUT2D eigenvalue weighted by atomic mass is 10.2. The van der Waals surface area contributed by atoms with Gasteiger partial charge in [-0.25, -0.2) is 9.78 Å². The summed E-state index contributed by atoms with van der Waals surface area (Å²) in [5, 5.41) is 2.79. The molecule has 0 aliphatic carbocycles. The molecule has 7 nitrogen and oxygen atoms in total. The Morgan fingerprint density at radius 1 is 1.32 bits per heavy atom. The van der Waals surface area contributed by atoms with E-state index >= 15 is 0 Å². The summed E-state index contributed by atoms with van der Waals surface area (Å²) in [6.45, 7) is 0.0141. The highest BCUT2D eigenvalue weighted by atomic mass is 16.5. The van der Waals surface area contributed by atoms with E-state index < -0.39 is 11.9 Å². The highest BCUT2D eigenvalue weighted by Gasteiger charge is 2.09. The molecule has 0 fully saturated rings. The number of aromatic nitrogens is 2. The molecule has 0 aliphatic heterocycles. The summed E-state index contributed by atoms with van der Waals surface area (Å²) < 4.78 is 9.14. The summed E-state index contributed by atoms with van der Waals surface area (Å²) in [5.41, 5.74) is 1.79. The lowest BCUT2D eigenvalue weighted by Crippen LogP contribution is -2.15. The number of H-pyrrole nitrogens is 1. The SMILES string of the molecule is COC(=O)CNc1nc2ccc(C(=O)OC)cc2[nH]1. The monoisotopic (exact) mass is 263 g/mol. The molecule has 2 rings (SSSR count). The highest BCUT2D eigenvalue weighted by molar-refractivity contribution is 5.94. The molecule has 1 aromatic carbocycles. The first-order chi connectivity index (χ1) is 9.13. The number of imidazole rings is 1. The van der Waals surface area contributed by atoms with Gasteiger partial charge in [-0.05, 0) is 18.2 Å². The maximum atomic E-state index is 11.4. The Morgan fingerprint density at radius 2 is 2.11 bits per heavy atom. The number of benzene rings is 1. The second kappa shape index (κ2) is 5.38. The number of ether oxygens (including phenoxy) is 2. The number of nitrogens with one attached hydrogen (secondary N) is 2. The third-order valence-electron chi connectivity index (χ3n) is 2.53. The van der Waals surface area contributed by atoms with Crippen molar-refractivity contribution in [1.82, 2.24) is 9.97 Å². The normalized spacial score (nSPS) is 10.2. The van der Waals surface area contributed by atoms with E-state index in [0.717, 1.165) is 0 Å². The first-order valence-electron chi connectivity index (χ1n) is 5.53. The van der Waals surface area contributed by atoms with Gasteiger partial charge in [-0.15, -0.1) is 0 Å². The summed E-state index contributed by atoms with van der Waals surface area (Å²) in [7, 11) is 2.63. The zero-order chi connectivity index (χ0) is 13.8. The third-order valence-corrected chi connectivity index (χ3v) is 2.53. The minimum absolute atomic E-state index is 0.0141. The topological polar surface area (TPSA) is 93.3 Å². The van der Waals surface area contributed by atoms with E-state index in [4.69, 9.17) is 0 Å². The number of esters is 2. The minimum atomic E-state index is -0.416. The molecule has 0 bridgehead atoms. The van der Waals surface area contributed by atoms with Crippen molar-refractivity contribution in [1.29, 1.82) is 0 Å². The number of rotatable bonds is 4. The van der Waals surface area contributed by atoms with Crippen LogP contribution in [0.2, 0.25) is 0 Å². The molecule has 0 atom stereocenters. The maximum absolute atomic E-state index is 11.4. The van der Waals surface area contributed by atoms with Crippen LogP contribution < -0.4 is 5.32 Å². The van der Waals surface area contributed by atoms with Crippen LogP contribution in [0, 0.1) is 0 Å². The van der Waals surface area contributed by atoms with Crippen LogP contribution in [0.5, 0.6) is 0 Å². The van der Waals surface area contributed by atoms with Gasteiger partial charge in [0, 0.05) is 0 Å². The van der Waals surface area contributed by atoms with Crippen LogP contribution >= 0.6 is 0 Å². The highest BCUT2D eigenvalue weighted by Crippen LogP contribution is 2.16. The zero-order valence-corrected chi connectivity index (χ0v) is 10.5. The molecule has 2 N–H and O–H groups in total. The van der Waals surface area contributed by atoms with Gasteiger partial charge in [0.2, 0.25) is 5.95 Å². The van der Waals surface area contributed by atoms with Gasteiger partial charge in [0.15, 0.2) is 0 Å². The Bertz CT molecular complexity index is 620. The Kier molecular flexibility index (Phi) is 3.65. The van der Waals surface area contributed by atoms with Crippen molar-refractivity contribution in [3.8, 4) is 0 Å². The number of carbonyl (C=O) groups is 2. The molecule has 0 amide bonds. The number of anilines is 1. The molecule has 0 aliphatic rings. The first kappa shape index (κ1) is 12.9. The lowest BCUT2D eigenvalue weighted by molar-refractivity contribution is -0.138. The Labute approximate surface area is 108 Å². The summed E-state index contributed by atoms with van der Waals surface area (Å²) >= 11 is 0. The number of hydrogen-bond donors (Lipinski definition) is 2. The van der Waals surface area contributed by atoms with Crippen LogP contribution in [0.3, 0.4) is 0 Å². The standard InChI is InChI=1S/C12H13N3O4/c1-18-10(16)6-13-12-14-8-4-3-7(11(17)19-2)5-9(8)15-12/h3-5H,6H2,1-2H3,(H2,13,14,15). The van der Waals surface area contributed by atoms with Crippen molar-refractivity contribution in [3.63, 3.8) is 0 Å². The van der Waals surface area contributed by atoms with E-state index in [1.807, 2.05) is 0 Å². The van der Waals surface area contributed by atoms with Gasteiger partial charge in [0.1, 0.15) is 6.54 Å². The van der Waals surface area contributed by atoms with Crippen molar-refractivity contribution in [2.75, 3.05) is 26.1 Å². The molecule has 1 aromatic heterocycles. The van der Waals surface area contributed by atoms with E-state index in [1.165, 1.54) is 14.2 Å². The minimum Gasteiger partial charge on any atom is -0.468 e. The number of carbonyl (C=O) groups excluding carboxylic acids is 2. The smallest absolute Gasteiger partial charge is 0.337 e. The van der Waals surface area contributed by atoms with Gasteiger partial charge >= 0.3 is 11.9 Å². The quantitative estimate of drug-likeness (QED) is 0.797. The van der Waals surface area contributed by atoms with Crippen molar-refractivity contribution in [3.05, 3.63) is 23.8 Å². The number of aromatic amines is 1. The Balaban J connectivity index is 2.20. The molecule has 0 radical (unpaired) electrons. The lowest BCUT2D eigenvalue weighted by Gasteiger charge is -1.99. The van der Waals surface area contributed by atoms with Crippen LogP contribution in [-0.2, 0) is 14.3 Å². The molecular weight excluding hydrogens is 250 g/mol. The maximum Gasteiger partial charge on any atom is 0.337 e. The molecule has 0 saturated carbocycles. The second-order valence-corrected chi connectivity index (χ2v) is 3.74. The van der Waals surface area contributed by atoms with E-state index in [1.54, 1.807) is 18.2 Å². The van der Waals surface area contributed by atoms with E-state index in [0.29, 0.717) is 22.5 Å². The van der Waals surface area contributed by atoms with Gasteiger partial charge in [-0.2, -0.15) is 0 Å². The van der Waals surface area contributed by atoms with E-state index in [9.17, 15) is 9.59 Å². The molecule has 0 unspecified atom stereocenters. The first-order valence-corrected chi connectivity index (χ1v) is 5.53. The number of fused-ring (bicyclic) bond motifs is 1. The molecule has 1 heterocycles. The van der Waals surface area contributed by atoms with Gasteiger partial charge in [0.25, 0.3) is 0 Å². The molecule has 100 valence electrons. The van der Waals surface area contributed by atoms with Crippen molar-refractivity contribution in [2.45, 2.75) is 0 Å². The fourth-order valence-electron chi connectivity index (χ4n) is 1.57. The summed E-state index contributed by atoms with van der Waals surface area (Å²) in [6, 6.07) is 4.96. The Hall–Kier alpha value is -2.57. The third kappa shape index (κ3) is 2.82. The van der Waals surface area contributed by atoms with Crippen molar-refractivity contribution in [2.24, 2.45) is 0 Å². The van der Waals surface area contributed by atoms with E-state index in [-0.39, 0.29) is 6.54 Å². The predicted molar refractivity (Wildman–Crippen MR) is 67.9 cm³/mol. The fraction of sp³-hybridized carbons (Fsp3) is 0.250. The van der Waals surface area contributed by atoms with Gasteiger partial charge in [0.05, 0.1) is 30.8 Å². The van der Waals surface area contributed by atoms with Crippen molar-refractivity contribution < 1.29 is 19.1 Å². The van der Waals surface area contributed by atoms with Crippen molar-refractivity contribution >= 4 is 28.9 Å². The fourth-order valence-corrected chi connectivity index (χ4v) is 1.57. The van der Waals surface area contributed by atoms with E-state index in [2.05, 4.69) is 24.8 Å². The average Bonchev–Trinajstić information content (AvgIpc) is 2.85.